The van der Waals surface area contributed by atoms with Crippen LogP contribution >= 0.6 is 11.8 Å². The molecule has 0 aliphatic rings. The van der Waals surface area contributed by atoms with E-state index < -0.39 is 0 Å². The van der Waals surface area contributed by atoms with Crippen LogP contribution in [-0.2, 0) is 4.79 Å². The zero-order valence-electron chi connectivity index (χ0n) is 12.5. The van der Waals surface area contributed by atoms with Gasteiger partial charge in [-0.25, -0.2) is 15.0 Å². The summed E-state index contributed by atoms with van der Waals surface area (Å²) in [7, 11) is 0. The van der Waals surface area contributed by atoms with Crippen molar-refractivity contribution in [3.05, 3.63) is 12.7 Å². The Labute approximate surface area is 128 Å². The smallest absolute Gasteiger partial charge is 0.222 e. The lowest BCUT2D eigenvalue weighted by molar-refractivity contribution is -0.130. The fourth-order valence-corrected chi connectivity index (χ4v) is 3.09. The summed E-state index contributed by atoms with van der Waals surface area (Å²) in [5.74, 6) is 1.19. The van der Waals surface area contributed by atoms with Gasteiger partial charge in [-0.2, -0.15) is 0 Å². The highest BCUT2D eigenvalue weighted by Gasteiger charge is 2.09. The number of imidazole rings is 1. The molecule has 0 spiro atoms. The topological polar surface area (TPSA) is 74.8 Å². The first kappa shape index (κ1) is 15.8. The van der Waals surface area contributed by atoms with Crippen molar-refractivity contribution in [1.29, 1.82) is 0 Å². The second kappa shape index (κ2) is 7.97. The molecule has 21 heavy (non-hydrogen) atoms. The lowest BCUT2D eigenvalue weighted by Crippen LogP contribution is -2.30. The van der Waals surface area contributed by atoms with Crippen molar-refractivity contribution in [2.24, 2.45) is 0 Å². The van der Waals surface area contributed by atoms with Crippen LogP contribution in [0.5, 0.6) is 0 Å². The average molecular weight is 307 g/mol. The second-order valence-electron chi connectivity index (χ2n) is 4.65. The first-order valence-electron chi connectivity index (χ1n) is 7.30. The molecule has 1 amide bonds. The van der Waals surface area contributed by atoms with Gasteiger partial charge in [-0.15, -0.1) is 11.8 Å². The number of aromatic amines is 1. The molecule has 114 valence electrons. The number of H-pyrrole nitrogens is 1. The number of rotatable bonds is 8. The minimum Gasteiger partial charge on any atom is -0.343 e. The molecule has 0 radical (unpaired) electrons. The maximum atomic E-state index is 11.9. The van der Waals surface area contributed by atoms with Gasteiger partial charge >= 0.3 is 0 Å². The first-order valence-corrected chi connectivity index (χ1v) is 8.29. The van der Waals surface area contributed by atoms with Gasteiger partial charge in [0, 0.05) is 19.5 Å². The summed E-state index contributed by atoms with van der Waals surface area (Å²) >= 11 is 1.68. The van der Waals surface area contributed by atoms with Crippen molar-refractivity contribution in [3.63, 3.8) is 0 Å². The van der Waals surface area contributed by atoms with Crippen LogP contribution < -0.4 is 0 Å². The molecule has 0 aliphatic carbocycles. The molecule has 0 saturated heterocycles. The van der Waals surface area contributed by atoms with Gasteiger partial charge in [0.15, 0.2) is 5.65 Å². The van der Waals surface area contributed by atoms with Crippen molar-refractivity contribution in [2.75, 3.05) is 18.8 Å². The fourth-order valence-electron chi connectivity index (χ4n) is 2.13. The third-order valence-corrected chi connectivity index (χ3v) is 4.40. The lowest BCUT2D eigenvalue weighted by atomic mass is 10.2. The number of aromatic nitrogens is 4. The molecular formula is C14H21N5OS. The first-order chi connectivity index (χ1) is 10.3. The van der Waals surface area contributed by atoms with Crippen LogP contribution in [0.15, 0.2) is 17.7 Å². The summed E-state index contributed by atoms with van der Waals surface area (Å²) in [5, 5.41) is 0.924. The van der Waals surface area contributed by atoms with Crippen LogP contribution in [0.2, 0.25) is 0 Å². The molecule has 0 aliphatic heterocycles. The van der Waals surface area contributed by atoms with Crippen LogP contribution in [0.3, 0.4) is 0 Å². The maximum Gasteiger partial charge on any atom is 0.222 e. The molecular weight excluding hydrogens is 286 g/mol. The summed E-state index contributed by atoms with van der Waals surface area (Å²) in [6.45, 7) is 5.62. The number of fused-ring (bicyclic) bond motifs is 1. The standard InChI is InChI=1S/C14H21N5OS/c1-3-19(4-2)11(20)7-5-6-8-21-14-12-13(16-9-15-12)17-10-18-14/h9-10H,3-8H2,1-2H3,(H,15,16,17,18). The molecule has 0 saturated carbocycles. The fraction of sp³-hybridized carbons (Fsp3) is 0.571. The van der Waals surface area contributed by atoms with E-state index >= 15 is 0 Å². The summed E-state index contributed by atoms with van der Waals surface area (Å²) in [6.07, 6.45) is 5.71. The molecule has 6 nitrogen and oxygen atoms in total. The Kier molecular flexibility index (Phi) is 5.98. The number of amides is 1. The molecule has 2 aromatic rings. The summed E-state index contributed by atoms with van der Waals surface area (Å²) < 4.78 is 0. The SMILES string of the molecule is CCN(CC)C(=O)CCCCSc1ncnc2nc[nH]c12. The Balaban J connectivity index is 1.73. The summed E-state index contributed by atoms with van der Waals surface area (Å²) in [6, 6.07) is 0. The Bertz CT molecular complexity index is 582. The lowest BCUT2D eigenvalue weighted by Gasteiger charge is -2.18. The van der Waals surface area contributed by atoms with E-state index in [-0.39, 0.29) is 5.91 Å². The maximum absolute atomic E-state index is 11.9. The van der Waals surface area contributed by atoms with Crippen molar-refractivity contribution >= 4 is 28.8 Å². The van der Waals surface area contributed by atoms with Gasteiger partial charge in [0.25, 0.3) is 0 Å². The van der Waals surface area contributed by atoms with Crippen molar-refractivity contribution in [2.45, 2.75) is 38.1 Å². The van der Waals surface area contributed by atoms with E-state index in [9.17, 15) is 4.79 Å². The van der Waals surface area contributed by atoms with E-state index in [2.05, 4.69) is 19.9 Å². The molecule has 0 aromatic carbocycles. The van der Waals surface area contributed by atoms with Gasteiger partial charge < -0.3 is 9.88 Å². The number of unbranched alkanes of at least 4 members (excludes halogenated alkanes) is 1. The predicted octanol–water partition coefficient (Wildman–Crippen LogP) is 2.48. The largest absolute Gasteiger partial charge is 0.343 e. The van der Waals surface area contributed by atoms with Crippen LogP contribution in [0.25, 0.3) is 11.2 Å². The Hall–Kier alpha value is -1.63. The highest BCUT2D eigenvalue weighted by Crippen LogP contribution is 2.22. The van der Waals surface area contributed by atoms with Gasteiger partial charge in [0.05, 0.1) is 6.33 Å². The van der Waals surface area contributed by atoms with Gasteiger partial charge in [0.1, 0.15) is 16.9 Å². The Morgan fingerprint density at radius 1 is 1.24 bits per heavy atom. The minimum absolute atomic E-state index is 0.253. The monoisotopic (exact) mass is 307 g/mol. The van der Waals surface area contributed by atoms with Gasteiger partial charge in [0.2, 0.25) is 5.91 Å². The molecule has 7 heteroatoms. The molecule has 0 fully saturated rings. The molecule has 0 atom stereocenters. The summed E-state index contributed by atoms with van der Waals surface area (Å²) in [4.78, 5) is 29.3. The van der Waals surface area contributed by atoms with Gasteiger partial charge in [-0.3, -0.25) is 4.79 Å². The average Bonchev–Trinajstić information content (AvgIpc) is 2.97. The normalized spacial score (nSPS) is 11.0. The summed E-state index contributed by atoms with van der Waals surface area (Å²) in [5.41, 5.74) is 1.59. The number of nitrogens with one attached hydrogen (secondary N) is 1. The van der Waals surface area contributed by atoms with E-state index in [1.54, 1.807) is 18.1 Å². The van der Waals surface area contributed by atoms with Crippen LogP contribution in [0.1, 0.15) is 33.1 Å². The molecule has 2 rings (SSSR count). The molecule has 2 heterocycles. The Morgan fingerprint density at radius 3 is 2.81 bits per heavy atom. The van der Waals surface area contributed by atoms with E-state index in [1.807, 2.05) is 18.7 Å². The van der Waals surface area contributed by atoms with Crippen molar-refractivity contribution in [1.82, 2.24) is 24.8 Å². The van der Waals surface area contributed by atoms with E-state index in [0.29, 0.717) is 12.1 Å². The highest BCUT2D eigenvalue weighted by atomic mass is 32.2. The zero-order chi connectivity index (χ0) is 15.1. The molecule has 0 unspecified atom stereocenters. The van der Waals surface area contributed by atoms with Crippen LogP contribution in [0, 0.1) is 0 Å². The van der Waals surface area contributed by atoms with Gasteiger partial charge in [-0.1, -0.05) is 0 Å². The Morgan fingerprint density at radius 2 is 2.05 bits per heavy atom. The number of thioether (sulfide) groups is 1. The van der Waals surface area contributed by atoms with Crippen LogP contribution in [0.4, 0.5) is 0 Å². The number of carbonyl (C=O) groups is 1. The van der Waals surface area contributed by atoms with Crippen molar-refractivity contribution in [3.8, 4) is 0 Å². The zero-order valence-corrected chi connectivity index (χ0v) is 13.3. The number of hydrogen-bond donors (Lipinski definition) is 1. The van der Waals surface area contributed by atoms with E-state index in [1.165, 1.54) is 6.33 Å². The number of hydrogen-bond acceptors (Lipinski definition) is 5. The minimum atomic E-state index is 0.253. The van der Waals surface area contributed by atoms with Crippen LogP contribution in [-0.4, -0.2) is 49.6 Å². The van der Waals surface area contributed by atoms with Crippen molar-refractivity contribution < 1.29 is 4.79 Å². The number of nitrogens with zero attached hydrogens (tertiary/aromatic N) is 4. The quantitative estimate of drug-likeness (QED) is 0.461. The molecule has 1 N–H and O–H groups in total. The second-order valence-corrected chi connectivity index (χ2v) is 5.74. The van der Waals surface area contributed by atoms with Gasteiger partial charge in [-0.05, 0) is 32.4 Å². The van der Waals surface area contributed by atoms with E-state index in [4.69, 9.17) is 0 Å². The number of carbonyl (C=O) groups excluding carboxylic acids is 1. The third-order valence-electron chi connectivity index (χ3n) is 3.33. The highest BCUT2D eigenvalue weighted by molar-refractivity contribution is 7.99. The molecule has 0 bridgehead atoms. The molecule has 2 aromatic heterocycles. The third kappa shape index (κ3) is 4.17. The van der Waals surface area contributed by atoms with E-state index in [0.717, 1.165) is 42.2 Å². The predicted molar refractivity (Wildman–Crippen MR) is 84.2 cm³/mol.